The second-order valence-corrected chi connectivity index (χ2v) is 25.1. The van der Waals surface area contributed by atoms with Gasteiger partial charge in [0, 0.05) is 38.0 Å². The summed E-state index contributed by atoms with van der Waals surface area (Å²) in [5.74, 6) is 8.37. The zero-order valence-corrected chi connectivity index (χ0v) is 34.3. The van der Waals surface area contributed by atoms with E-state index in [0.29, 0.717) is 5.92 Å². The van der Waals surface area contributed by atoms with Gasteiger partial charge in [-0.2, -0.15) is 0 Å². The summed E-state index contributed by atoms with van der Waals surface area (Å²) in [6.45, 7) is 12.6. The molecule has 6 heteroatoms. The van der Waals surface area contributed by atoms with Gasteiger partial charge in [0.2, 0.25) is 0 Å². The molecule has 0 aliphatic rings. The molecule has 3 aromatic carbocycles. The Morgan fingerprint density at radius 2 is 1.54 bits per heavy atom. The van der Waals surface area contributed by atoms with Gasteiger partial charge in [0.25, 0.3) is 0 Å². The topological polar surface area (TPSA) is 50.2 Å². The third-order valence-electron chi connectivity index (χ3n) is 9.02. The molecule has 0 atom stereocenters. The van der Waals surface area contributed by atoms with E-state index in [1.807, 2.05) is 45.2 Å². The van der Waals surface area contributed by atoms with Gasteiger partial charge in [-0.3, -0.25) is 4.79 Å². The summed E-state index contributed by atoms with van der Waals surface area (Å²) in [6, 6.07) is 23.8. The molecule has 2 heterocycles. The molecular formula is C40H50GeIrNO2S-. The molecule has 247 valence electrons. The van der Waals surface area contributed by atoms with Crippen LogP contribution in [0.25, 0.3) is 42.2 Å². The number of ketones is 1. The van der Waals surface area contributed by atoms with Crippen LogP contribution in [-0.2, 0) is 24.9 Å². The van der Waals surface area contributed by atoms with Crippen LogP contribution in [-0.4, -0.2) is 29.1 Å². The molecule has 0 fully saturated rings. The second-order valence-electron chi connectivity index (χ2n) is 13.4. The van der Waals surface area contributed by atoms with E-state index in [-0.39, 0.29) is 43.5 Å². The van der Waals surface area contributed by atoms with Crippen molar-refractivity contribution in [1.82, 2.24) is 4.98 Å². The number of rotatable bonds is 10. The van der Waals surface area contributed by atoms with E-state index in [0.717, 1.165) is 36.9 Å². The Morgan fingerprint density at radius 3 is 2.15 bits per heavy atom. The van der Waals surface area contributed by atoms with E-state index < -0.39 is 13.3 Å². The number of hydrogen-bond donors (Lipinski definition) is 1. The first-order valence-corrected chi connectivity index (χ1v) is 24.8. The van der Waals surface area contributed by atoms with Crippen LogP contribution in [0.5, 0.6) is 0 Å². The number of benzene rings is 3. The van der Waals surface area contributed by atoms with Crippen LogP contribution in [0.15, 0.2) is 72.6 Å². The Labute approximate surface area is 296 Å². The van der Waals surface area contributed by atoms with Crippen molar-refractivity contribution in [2.75, 3.05) is 0 Å². The van der Waals surface area contributed by atoms with Crippen LogP contribution in [0.4, 0.5) is 0 Å². The Bertz CT molecular complexity index is 1810. The van der Waals surface area contributed by atoms with Crippen LogP contribution >= 0.6 is 11.3 Å². The summed E-state index contributed by atoms with van der Waals surface area (Å²) in [7, 11) is 0. The summed E-state index contributed by atoms with van der Waals surface area (Å²) in [6.07, 6.45) is 6.86. The van der Waals surface area contributed by atoms with E-state index >= 15 is 0 Å². The zero-order valence-electron chi connectivity index (χ0n) is 29.0. The van der Waals surface area contributed by atoms with Crippen molar-refractivity contribution >= 4 is 65.7 Å². The molecule has 0 bridgehead atoms. The summed E-state index contributed by atoms with van der Waals surface area (Å²) in [5, 5.41) is 14.9. The molecular weight excluding hydrogens is 823 g/mol. The first-order chi connectivity index (χ1) is 21.4. The predicted molar refractivity (Wildman–Crippen MR) is 200 cm³/mol. The molecule has 0 unspecified atom stereocenters. The molecule has 0 aliphatic carbocycles. The van der Waals surface area contributed by atoms with Crippen molar-refractivity contribution in [3.8, 4) is 11.3 Å². The number of aliphatic hydroxyl groups excluding tert-OH is 1. The number of nitrogens with zero attached hydrogens (tertiary/aromatic N) is 1. The zero-order chi connectivity index (χ0) is 32.9. The number of allylic oxidation sites excluding steroid dienone is 2. The van der Waals surface area contributed by atoms with Crippen molar-refractivity contribution in [2.45, 2.75) is 90.4 Å². The van der Waals surface area contributed by atoms with Crippen LogP contribution < -0.4 is 4.40 Å². The minimum absolute atomic E-state index is 0. The number of aromatic nitrogens is 1. The van der Waals surface area contributed by atoms with Gasteiger partial charge in [-0.25, -0.2) is 0 Å². The monoisotopic (exact) mass is 875 g/mol. The van der Waals surface area contributed by atoms with Crippen LogP contribution in [0.1, 0.15) is 78.7 Å². The van der Waals surface area contributed by atoms with Gasteiger partial charge in [-0.05, 0) is 25.7 Å². The Balaban J connectivity index is 0.000000309. The van der Waals surface area contributed by atoms with Gasteiger partial charge in [0.05, 0.1) is 5.76 Å². The van der Waals surface area contributed by atoms with Crippen LogP contribution in [0.2, 0.25) is 17.3 Å². The molecule has 0 saturated heterocycles. The number of carbonyl (C=O) groups excluding carboxylic acids is 1. The number of hydrogen-bond acceptors (Lipinski definition) is 4. The van der Waals surface area contributed by atoms with Crippen LogP contribution in [0.3, 0.4) is 0 Å². The fourth-order valence-electron chi connectivity index (χ4n) is 6.00. The minimum atomic E-state index is -1.86. The Hall–Kier alpha value is -2.31. The first-order valence-electron chi connectivity index (χ1n) is 16.6. The standard InChI is InChI=1S/C27H26GeNS.C13H24O2.Ir/c1-17(2)24-15-19(14-18-8-6-7-9-21(18)24)26-27-23(12-13-29-26)22-11-10-20(28(3,4)5)16-25(22)30-27;1-5-10(6-2)12(14)9-13(15)11(7-3)8-4;/h6-13,15-17H,1-5H3;9-11,14H,5-8H2,1-4H3;/q-1;;/b;12-9-;. The van der Waals surface area contributed by atoms with Crippen molar-refractivity contribution in [2.24, 2.45) is 11.8 Å². The van der Waals surface area contributed by atoms with Crippen molar-refractivity contribution in [3.63, 3.8) is 0 Å². The second kappa shape index (κ2) is 16.7. The Kier molecular flexibility index (Phi) is 13.8. The van der Waals surface area contributed by atoms with Gasteiger partial charge in [-0.1, -0.05) is 27.7 Å². The number of pyridine rings is 1. The maximum atomic E-state index is 11.7. The van der Waals surface area contributed by atoms with E-state index in [4.69, 9.17) is 4.98 Å². The molecule has 0 aliphatic heterocycles. The smallest absolute Gasteiger partial charge is 0.162 e. The molecule has 5 aromatic rings. The van der Waals surface area contributed by atoms with E-state index in [1.165, 1.54) is 42.6 Å². The molecule has 3 nitrogen and oxygen atoms in total. The average Bonchev–Trinajstić information content (AvgIpc) is 3.40. The van der Waals surface area contributed by atoms with Gasteiger partial charge < -0.3 is 5.11 Å². The Morgan fingerprint density at radius 1 is 0.891 bits per heavy atom. The predicted octanol–water partition coefficient (Wildman–Crippen LogP) is 11.6. The maximum absolute atomic E-state index is 11.7. The van der Waals surface area contributed by atoms with Crippen molar-refractivity contribution in [3.05, 3.63) is 84.3 Å². The molecule has 5 rings (SSSR count). The first kappa shape index (κ1) is 38.1. The molecule has 0 amide bonds. The third kappa shape index (κ3) is 8.58. The number of carbonyl (C=O) groups is 1. The average molecular weight is 874 g/mol. The van der Waals surface area contributed by atoms with Gasteiger partial charge >= 0.3 is 186 Å². The molecule has 1 radical (unpaired) electrons. The van der Waals surface area contributed by atoms with E-state index in [1.54, 1.807) is 4.40 Å². The third-order valence-corrected chi connectivity index (χ3v) is 14.5. The quantitative estimate of drug-likeness (QED) is 0.0658. The van der Waals surface area contributed by atoms with Crippen molar-refractivity contribution in [1.29, 1.82) is 0 Å². The largest absolute Gasteiger partial charge is 0.512 e. The van der Waals surface area contributed by atoms with E-state index in [2.05, 4.69) is 91.8 Å². The summed E-state index contributed by atoms with van der Waals surface area (Å²) in [5.41, 5.74) is 3.52. The molecule has 0 saturated carbocycles. The molecule has 2 aromatic heterocycles. The normalized spacial score (nSPS) is 12.2. The molecule has 46 heavy (non-hydrogen) atoms. The SMILES string of the molecule is CC(C)c1cc(-c2nccc3c2sc2c[c]([Ge]([CH3])([CH3])[CH3])ccc23)[c-]c2ccccc12.CCC(CC)C(=O)/C=C(\O)C(CC)CC.[Ir]. The fraction of sp³-hybridized carbons (Fsp3) is 0.400. The number of aliphatic hydroxyl groups is 1. The summed E-state index contributed by atoms with van der Waals surface area (Å²) in [4.78, 5) is 16.6. The van der Waals surface area contributed by atoms with Crippen molar-refractivity contribution < 1.29 is 30.0 Å². The molecule has 0 spiro atoms. The van der Waals surface area contributed by atoms with Gasteiger partial charge in [-0.15, -0.1) is 0 Å². The summed E-state index contributed by atoms with van der Waals surface area (Å²) < 4.78 is 4.21. The number of thiophene rings is 1. The van der Waals surface area contributed by atoms with Gasteiger partial charge in [0.1, 0.15) is 0 Å². The van der Waals surface area contributed by atoms with Gasteiger partial charge in [0.15, 0.2) is 5.78 Å². The molecule has 1 N–H and O–H groups in total. The van der Waals surface area contributed by atoms with Crippen LogP contribution in [0, 0.1) is 17.9 Å². The minimum Gasteiger partial charge on any atom is -0.512 e. The number of fused-ring (bicyclic) bond motifs is 4. The summed E-state index contributed by atoms with van der Waals surface area (Å²) >= 11 is 0.0179. The van der Waals surface area contributed by atoms with E-state index in [9.17, 15) is 9.90 Å². The maximum Gasteiger partial charge on any atom is 0.162 e. The fourth-order valence-corrected chi connectivity index (χ4v) is 9.90.